The van der Waals surface area contributed by atoms with Gasteiger partial charge in [-0.05, 0) is 122 Å². The SMILES string of the molecule is CC/C=C\C/C=C\C/C=C\C/C=C\CCCCCCC(=O)OC1C(OCC(COC(=O)CCCCCCCC/C=C\C/C=C\C/C=C\CCCCC)OC(=O)CC/C=C\C/C=C\C/C=C\C/C=C\CC)OC(C(=O)O)C(O)C1O. The maximum absolute atomic E-state index is 13.1. The van der Waals surface area contributed by atoms with Crippen LogP contribution in [0, 0.1) is 0 Å². The predicted octanol–water partition coefficient (Wildman–Crippen LogP) is 15.8. The van der Waals surface area contributed by atoms with E-state index in [9.17, 15) is 34.5 Å². The van der Waals surface area contributed by atoms with Crippen LogP contribution < -0.4 is 0 Å². The third-order valence-corrected chi connectivity index (χ3v) is 12.7. The molecule has 0 aromatic heterocycles. The summed E-state index contributed by atoms with van der Waals surface area (Å²) >= 11 is 0. The van der Waals surface area contributed by atoms with Crippen LogP contribution in [0.2, 0.25) is 0 Å². The van der Waals surface area contributed by atoms with Crippen LogP contribution >= 0.6 is 0 Å². The van der Waals surface area contributed by atoms with Crippen molar-refractivity contribution >= 4 is 23.9 Å². The summed E-state index contributed by atoms with van der Waals surface area (Å²) in [4.78, 5) is 51.1. The van der Waals surface area contributed by atoms with E-state index in [1.165, 1.54) is 25.7 Å². The van der Waals surface area contributed by atoms with E-state index in [1.807, 2.05) is 12.2 Å². The molecule has 444 valence electrons. The lowest BCUT2D eigenvalue weighted by atomic mass is 9.98. The number of aliphatic hydroxyl groups excluding tert-OH is 2. The Hall–Kier alpha value is -5.14. The smallest absolute Gasteiger partial charge is 0.335 e. The summed E-state index contributed by atoms with van der Waals surface area (Å²) in [5, 5.41) is 31.5. The Morgan fingerprint density at radius 1 is 0.430 bits per heavy atom. The van der Waals surface area contributed by atoms with Crippen LogP contribution in [-0.4, -0.2) is 89.2 Å². The Morgan fingerprint density at radius 2 is 0.823 bits per heavy atom. The standard InChI is InChI=1S/C67H104O12/c1-4-7-10-13-16-19-22-25-27-29-30-32-33-36-38-41-44-47-50-53-59(68)75-56-58(77-60(69)54-51-48-45-42-39-35-24-21-18-15-12-9-6-3)57-76-67-65(63(72)62(71)64(79-67)66(73)74)78-61(70)55-52-49-46-43-40-37-34-31-28-26-23-20-17-14-11-8-5-2/h8-9,11-12,16-21,25-28,30,32,34-35,37,39,45,48,58,62-65,67,71-72H,4-7,10,13-15,22-24,29,31,33,36,38,40-44,46-47,49-57H2,1-3H3,(H,73,74)/b11-8-,12-9-,19-16-,20-17-,21-18-,27-25-,28-26-,32-30-,37-34-,39-35-,48-45-. The first-order valence-electron chi connectivity index (χ1n) is 30.2. The van der Waals surface area contributed by atoms with Crippen molar-refractivity contribution in [1.82, 2.24) is 0 Å². The fourth-order valence-electron chi connectivity index (χ4n) is 8.14. The van der Waals surface area contributed by atoms with Gasteiger partial charge in [0.2, 0.25) is 0 Å². The second kappa shape index (κ2) is 53.5. The van der Waals surface area contributed by atoms with E-state index in [1.54, 1.807) is 0 Å². The van der Waals surface area contributed by atoms with Crippen LogP contribution in [-0.2, 0) is 42.9 Å². The number of allylic oxidation sites excluding steroid dienone is 22. The lowest BCUT2D eigenvalue weighted by molar-refractivity contribution is -0.301. The molecule has 1 heterocycles. The van der Waals surface area contributed by atoms with Gasteiger partial charge in [-0.3, -0.25) is 14.4 Å². The van der Waals surface area contributed by atoms with E-state index in [4.69, 9.17) is 23.7 Å². The molecule has 1 rings (SSSR count). The van der Waals surface area contributed by atoms with E-state index in [-0.39, 0.29) is 25.9 Å². The van der Waals surface area contributed by atoms with Crippen LogP contribution in [0.15, 0.2) is 134 Å². The summed E-state index contributed by atoms with van der Waals surface area (Å²) < 4.78 is 28.3. The average molecular weight is 1100 g/mol. The summed E-state index contributed by atoms with van der Waals surface area (Å²) in [5.41, 5.74) is 0. The van der Waals surface area contributed by atoms with Crippen LogP contribution in [0.4, 0.5) is 0 Å². The number of ether oxygens (including phenoxy) is 5. The van der Waals surface area contributed by atoms with Crippen molar-refractivity contribution in [2.75, 3.05) is 13.2 Å². The van der Waals surface area contributed by atoms with Crippen molar-refractivity contribution in [2.24, 2.45) is 0 Å². The number of carboxylic acids is 1. The topological polar surface area (TPSA) is 175 Å². The first-order valence-corrected chi connectivity index (χ1v) is 30.2. The van der Waals surface area contributed by atoms with Crippen molar-refractivity contribution in [3.8, 4) is 0 Å². The summed E-state index contributed by atoms with van der Waals surface area (Å²) in [7, 11) is 0. The fraction of sp³-hybridized carbons (Fsp3) is 0.612. The Balaban J connectivity index is 2.73. The molecule has 0 aliphatic carbocycles. The lowest BCUT2D eigenvalue weighted by Crippen LogP contribution is -2.61. The van der Waals surface area contributed by atoms with Crippen molar-refractivity contribution < 1.29 is 58.2 Å². The number of hydrogen-bond donors (Lipinski definition) is 3. The number of esters is 3. The number of carboxylic acid groups (broad SMARTS) is 1. The number of hydrogen-bond acceptors (Lipinski definition) is 11. The zero-order chi connectivity index (χ0) is 57.5. The predicted molar refractivity (Wildman–Crippen MR) is 321 cm³/mol. The molecule has 0 spiro atoms. The molecular weight excluding hydrogens is 997 g/mol. The highest BCUT2D eigenvalue weighted by Crippen LogP contribution is 2.26. The Kier molecular flexibility index (Phi) is 48.7. The first-order chi connectivity index (χ1) is 38.6. The van der Waals surface area contributed by atoms with E-state index < -0.39 is 67.3 Å². The van der Waals surface area contributed by atoms with Crippen molar-refractivity contribution in [3.63, 3.8) is 0 Å². The highest BCUT2D eigenvalue weighted by atomic mass is 16.7. The van der Waals surface area contributed by atoms with Gasteiger partial charge in [0.05, 0.1) is 6.61 Å². The molecule has 12 nitrogen and oxygen atoms in total. The molecule has 79 heavy (non-hydrogen) atoms. The molecule has 1 aliphatic heterocycles. The molecule has 0 radical (unpaired) electrons. The molecule has 12 heteroatoms. The lowest BCUT2D eigenvalue weighted by Gasteiger charge is -2.40. The molecule has 0 aromatic carbocycles. The summed E-state index contributed by atoms with van der Waals surface area (Å²) in [6, 6.07) is 0. The van der Waals surface area contributed by atoms with Crippen LogP contribution in [0.1, 0.15) is 213 Å². The number of carbonyl (C=O) groups excluding carboxylic acids is 3. The number of rotatable bonds is 49. The largest absolute Gasteiger partial charge is 0.479 e. The van der Waals surface area contributed by atoms with Gasteiger partial charge >= 0.3 is 23.9 Å². The highest BCUT2D eigenvalue weighted by Gasteiger charge is 2.50. The Labute approximate surface area is 477 Å². The number of aliphatic carboxylic acids is 1. The molecule has 0 aromatic rings. The minimum atomic E-state index is -1.93. The summed E-state index contributed by atoms with van der Waals surface area (Å²) in [6.45, 7) is 5.64. The van der Waals surface area contributed by atoms with E-state index in [0.29, 0.717) is 25.7 Å². The Bertz CT molecular complexity index is 1880. The average Bonchev–Trinajstić information content (AvgIpc) is 3.46. The highest BCUT2D eigenvalue weighted by molar-refractivity contribution is 5.74. The molecule has 1 aliphatic rings. The van der Waals surface area contributed by atoms with Crippen molar-refractivity contribution in [2.45, 2.75) is 250 Å². The normalized spacial score (nSPS) is 18.8. The molecule has 0 amide bonds. The number of aliphatic hydroxyl groups is 2. The molecule has 1 saturated heterocycles. The van der Waals surface area contributed by atoms with Gasteiger partial charge in [0.25, 0.3) is 0 Å². The summed E-state index contributed by atoms with van der Waals surface area (Å²) in [6.07, 6.45) is 62.9. The fourth-order valence-corrected chi connectivity index (χ4v) is 8.14. The summed E-state index contributed by atoms with van der Waals surface area (Å²) in [5.74, 6) is -3.30. The van der Waals surface area contributed by atoms with E-state index >= 15 is 0 Å². The molecule has 0 saturated carbocycles. The third kappa shape index (κ3) is 43.4. The van der Waals surface area contributed by atoms with Gasteiger partial charge in [-0.2, -0.15) is 0 Å². The maximum atomic E-state index is 13.1. The molecule has 3 N–H and O–H groups in total. The van der Waals surface area contributed by atoms with Gasteiger partial charge in [0.15, 0.2) is 24.6 Å². The number of unbranched alkanes of at least 4 members (excludes halogenated alkanes) is 13. The van der Waals surface area contributed by atoms with Crippen LogP contribution in [0.25, 0.3) is 0 Å². The van der Waals surface area contributed by atoms with E-state index in [2.05, 4.69) is 142 Å². The third-order valence-electron chi connectivity index (χ3n) is 12.7. The Morgan fingerprint density at radius 3 is 1.27 bits per heavy atom. The van der Waals surface area contributed by atoms with Gasteiger partial charge in [0, 0.05) is 19.3 Å². The minimum absolute atomic E-state index is 0.0155. The zero-order valence-corrected chi connectivity index (χ0v) is 48.8. The molecule has 1 fully saturated rings. The van der Waals surface area contributed by atoms with Crippen LogP contribution in [0.3, 0.4) is 0 Å². The minimum Gasteiger partial charge on any atom is -0.479 e. The monoisotopic (exact) mass is 1100 g/mol. The second-order valence-electron chi connectivity index (χ2n) is 19.9. The molecule has 6 atom stereocenters. The molecular formula is C67H104O12. The van der Waals surface area contributed by atoms with Crippen LogP contribution in [0.5, 0.6) is 0 Å². The molecule has 6 unspecified atom stereocenters. The second-order valence-corrected chi connectivity index (χ2v) is 19.9. The quantitative estimate of drug-likeness (QED) is 0.0228. The van der Waals surface area contributed by atoms with Gasteiger partial charge in [-0.1, -0.05) is 206 Å². The molecule has 0 bridgehead atoms. The zero-order valence-electron chi connectivity index (χ0n) is 48.8. The van der Waals surface area contributed by atoms with Gasteiger partial charge in [0.1, 0.15) is 18.8 Å². The van der Waals surface area contributed by atoms with Gasteiger partial charge in [-0.15, -0.1) is 0 Å². The van der Waals surface area contributed by atoms with Gasteiger partial charge < -0.3 is 39.0 Å². The maximum Gasteiger partial charge on any atom is 0.335 e. The number of carbonyl (C=O) groups is 4. The van der Waals surface area contributed by atoms with Crippen molar-refractivity contribution in [1.29, 1.82) is 0 Å². The first kappa shape index (κ1) is 71.9. The van der Waals surface area contributed by atoms with E-state index in [0.717, 1.165) is 122 Å². The van der Waals surface area contributed by atoms with Gasteiger partial charge in [-0.25, -0.2) is 4.79 Å². The van der Waals surface area contributed by atoms with Crippen molar-refractivity contribution in [3.05, 3.63) is 134 Å².